The van der Waals surface area contributed by atoms with E-state index in [9.17, 15) is 4.79 Å². The summed E-state index contributed by atoms with van der Waals surface area (Å²) in [6, 6.07) is 11.5. The van der Waals surface area contributed by atoms with Crippen molar-refractivity contribution >= 4 is 17.0 Å². The van der Waals surface area contributed by atoms with Gasteiger partial charge in [0.25, 0.3) is 0 Å². The first-order valence-corrected chi connectivity index (χ1v) is 9.05. The Balaban J connectivity index is 1.70. The van der Waals surface area contributed by atoms with E-state index in [1.54, 1.807) is 17.9 Å². The van der Waals surface area contributed by atoms with Gasteiger partial charge in [0.2, 0.25) is 5.95 Å². The summed E-state index contributed by atoms with van der Waals surface area (Å²) in [5.41, 5.74) is 2.86. The standard InChI is InChI=1S/C20H21N5O3/c1-3-27-19(26)15-11-21-25(20-22-16-8-4-5-9-17(16)23-20)18(15)13-24(2)12-14-7-6-10-28-14/h4-11H,3,12-13H2,1-2H3,(H,22,23). The summed E-state index contributed by atoms with van der Waals surface area (Å²) in [4.78, 5) is 22.3. The molecule has 0 saturated heterocycles. The molecule has 0 aliphatic heterocycles. The van der Waals surface area contributed by atoms with Crippen LogP contribution in [0.4, 0.5) is 0 Å². The molecule has 0 bridgehead atoms. The Morgan fingerprint density at radius 3 is 2.86 bits per heavy atom. The number of aromatic nitrogens is 4. The third-order valence-electron chi connectivity index (χ3n) is 4.37. The monoisotopic (exact) mass is 379 g/mol. The van der Waals surface area contributed by atoms with Crippen LogP contribution in [-0.2, 0) is 17.8 Å². The minimum Gasteiger partial charge on any atom is -0.468 e. The Hall–Kier alpha value is -3.39. The van der Waals surface area contributed by atoms with E-state index in [0.29, 0.717) is 36.9 Å². The highest BCUT2D eigenvalue weighted by Gasteiger charge is 2.22. The number of carbonyl (C=O) groups excluding carboxylic acids is 1. The predicted octanol–water partition coefficient (Wildman–Crippen LogP) is 3.15. The topological polar surface area (TPSA) is 89.2 Å². The summed E-state index contributed by atoms with van der Waals surface area (Å²) in [7, 11) is 1.95. The van der Waals surface area contributed by atoms with E-state index in [2.05, 4.69) is 15.1 Å². The number of benzene rings is 1. The van der Waals surface area contributed by atoms with Crippen LogP contribution in [0.25, 0.3) is 17.0 Å². The van der Waals surface area contributed by atoms with Gasteiger partial charge in [0.1, 0.15) is 11.3 Å². The quantitative estimate of drug-likeness (QED) is 0.496. The second kappa shape index (κ2) is 7.69. The molecule has 144 valence electrons. The van der Waals surface area contributed by atoms with Gasteiger partial charge >= 0.3 is 5.97 Å². The summed E-state index contributed by atoms with van der Waals surface area (Å²) < 4.78 is 12.3. The molecule has 0 radical (unpaired) electrons. The smallest absolute Gasteiger partial charge is 0.341 e. The van der Waals surface area contributed by atoms with Gasteiger partial charge in [-0.1, -0.05) is 12.1 Å². The number of hydrogen-bond donors (Lipinski definition) is 1. The maximum Gasteiger partial charge on any atom is 0.341 e. The largest absolute Gasteiger partial charge is 0.468 e. The molecule has 0 unspecified atom stereocenters. The van der Waals surface area contributed by atoms with Gasteiger partial charge in [0, 0.05) is 6.54 Å². The molecular weight excluding hydrogens is 358 g/mol. The number of furan rings is 1. The maximum absolute atomic E-state index is 12.4. The summed E-state index contributed by atoms with van der Waals surface area (Å²) >= 11 is 0. The molecular formula is C20H21N5O3. The fourth-order valence-corrected chi connectivity index (χ4v) is 3.11. The molecule has 0 aliphatic rings. The number of aromatic amines is 1. The van der Waals surface area contributed by atoms with Crippen LogP contribution in [0.3, 0.4) is 0 Å². The van der Waals surface area contributed by atoms with Crippen molar-refractivity contribution in [3.05, 3.63) is 65.9 Å². The van der Waals surface area contributed by atoms with E-state index >= 15 is 0 Å². The van der Waals surface area contributed by atoms with Gasteiger partial charge < -0.3 is 14.1 Å². The molecule has 1 aromatic carbocycles. The summed E-state index contributed by atoms with van der Waals surface area (Å²) in [6.45, 7) is 3.15. The number of nitrogens with one attached hydrogen (secondary N) is 1. The van der Waals surface area contributed by atoms with Crippen LogP contribution in [0.15, 0.2) is 53.3 Å². The van der Waals surface area contributed by atoms with E-state index in [-0.39, 0.29) is 0 Å². The summed E-state index contributed by atoms with van der Waals surface area (Å²) in [5.74, 6) is 0.999. The van der Waals surface area contributed by atoms with Crippen molar-refractivity contribution in [2.45, 2.75) is 20.0 Å². The Morgan fingerprint density at radius 1 is 1.25 bits per heavy atom. The fourth-order valence-electron chi connectivity index (χ4n) is 3.11. The number of imidazole rings is 1. The second-order valence-corrected chi connectivity index (χ2v) is 6.47. The number of para-hydroxylation sites is 2. The number of rotatable bonds is 7. The molecule has 4 rings (SSSR count). The lowest BCUT2D eigenvalue weighted by molar-refractivity contribution is 0.0524. The molecule has 8 nitrogen and oxygen atoms in total. The van der Waals surface area contributed by atoms with Crippen molar-refractivity contribution in [1.29, 1.82) is 0 Å². The first kappa shape index (κ1) is 18.0. The Bertz CT molecular complexity index is 1050. The number of hydrogen-bond acceptors (Lipinski definition) is 6. The maximum atomic E-state index is 12.4. The van der Waals surface area contributed by atoms with Crippen molar-refractivity contribution in [2.75, 3.05) is 13.7 Å². The van der Waals surface area contributed by atoms with E-state index < -0.39 is 5.97 Å². The van der Waals surface area contributed by atoms with Crippen LogP contribution in [-0.4, -0.2) is 44.3 Å². The lowest BCUT2D eigenvalue weighted by Gasteiger charge is -2.16. The molecule has 3 heterocycles. The Kier molecular flexibility index (Phi) is 4.94. The SMILES string of the molecule is CCOC(=O)c1cnn(-c2nc3ccccc3[nH]2)c1CN(C)Cc1ccco1. The second-order valence-electron chi connectivity index (χ2n) is 6.47. The van der Waals surface area contributed by atoms with Gasteiger partial charge in [-0.25, -0.2) is 14.5 Å². The van der Waals surface area contributed by atoms with Crippen molar-refractivity contribution in [1.82, 2.24) is 24.6 Å². The van der Waals surface area contributed by atoms with Crippen molar-refractivity contribution in [2.24, 2.45) is 0 Å². The molecule has 28 heavy (non-hydrogen) atoms. The van der Waals surface area contributed by atoms with E-state index in [0.717, 1.165) is 16.8 Å². The number of esters is 1. The number of fused-ring (bicyclic) bond motifs is 1. The van der Waals surface area contributed by atoms with Gasteiger partial charge in [0.15, 0.2) is 0 Å². The zero-order valence-corrected chi connectivity index (χ0v) is 15.8. The zero-order chi connectivity index (χ0) is 19.5. The Labute approximate surface area is 161 Å². The number of carbonyl (C=O) groups is 1. The molecule has 0 atom stereocenters. The number of ether oxygens (including phenoxy) is 1. The van der Waals surface area contributed by atoms with E-state index in [4.69, 9.17) is 9.15 Å². The Morgan fingerprint density at radius 2 is 2.11 bits per heavy atom. The molecule has 0 amide bonds. The molecule has 0 fully saturated rings. The zero-order valence-electron chi connectivity index (χ0n) is 15.8. The highest BCUT2D eigenvalue weighted by atomic mass is 16.5. The molecule has 3 aromatic heterocycles. The lowest BCUT2D eigenvalue weighted by Crippen LogP contribution is -2.21. The highest BCUT2D eigenvalue weighted by molar-refractivity contribution is 5.90. The number of H-pyrrole nitrogens is 1. The fraction of sp³-hybridized carbons (Fsp3) is 0.250. The van der Waals surface area contributed by atoms with Gasteiger partial charge in [-0.05, 0) is 38.2 Å². The van der Waals surface area contributed by atoms with Gasteiger partial charge in [-0.2, -0.15) is 5.10 Å². The third-order valence-corrected chi connectivity index (χ3v) is 4.37. The average molecular weight is 379 g/mol. The summed E-state index contributed by atoms with van der Waals surface area (Å²) in [5, 5.41) is 4.41. The van der Waals surface area contributed by atoms with Gasteiger partial charge in [-0.3, -0.25) is 4.90 Å². The lowest BCUT2D eigenvalue weighted by atomic mass is 10.2. The normalized spacial score (nSPS) is 11.4. The first-order valence-electron chi connectivity index (χ1n) is 9.05. The molecule has 8 heteroatoms. The summed E-state index contributed by atoms with van der Waals surface area (Å²) in [6.07, 6.45) is 3.17. The molecule has 4 aromatic rings. The first-order chi connectivity index (χ1) is 13.7. The van der Waals surface area contributed by atoms with Crippen LogP contribution >= 0.6 is 0 Å². The van der Waals surface area contributed by atoms with Crippen LogP contribution < -0.4 is 0 Å². The van der Waals surface area contributed by atoms with Crippen molar-refractivity contribution < 1.29 is 13.9 Å². The van der Waals surface area contributed by atoms with Gasteiger partial charge in [-0.15, -0.1) is 0 Å². The van der Waals surface area contributed by atoms with Crippen LogP contribution in [0.1, 0.15) is 28.7 Å². The van der Waals surface area contributed by atoms with Crippen molar-refractivity contribution in [3.8, 4) is 5.95 Å². The molecule has 0 saturated carbocycles. The number of nitrogens with zero attached hydrogens (tertiary/aromatic N) is 4. The average Bonchev–Trinajstić information content (AvgIpc) is 3.40. The molecule has 0 spiro atoms. The minimum absolute atomic E-state index is 0.302. The molecule has 1 N–H and O–H groups in total. The minimum atomic E-state index is -0.397. The van der Waals surface area contributed by atoms with Crippen LogP contribution in [0.5, 0.6) is 0 Å². The van der Waals surface area contributed by atoms with E-state index in [1.165, 1.54) is 6.20 Å². The van der Waals surface area contributed by atoms with Crippen LogP contribution in [0, 0.1) is 0 Å². The van der Waals surface area contributed by atoms with E-state index in [1.807, 2.05) is 48.3 Å². The van der Waals surface area contributed by atoms with Gasteiger partial charge in [0.05, 0.1) is 42.3 Å². The van der Waals surface area contributed by atoms with Crippen molar-refractivity contribution in [3.63, 3.8) is 0 Å². The predicted molar refractivity (Wildman–Crippen MR) is 103 cm³/mol. The highest BCUT2D eigenvalue weighted by Crippen LogP contribution is 2.20. The molecule has 0 aliphatic carbocycles. The third kappa shape index (κ3) is 3.54. The van der Waals surface area contributed by atoms with Crippen LogP contribution in [0.2, 0.25) is 0 Å².